The molecule has 4 saturated carbocycles. The van der Waals surface area contributed by atoms with E-state index in [1.54, 1.807) is 61.6 Å². The summed E-state index contributed by atoms with van der Waals surface area (Å²) in [6.07, 6.45) is 12.5. The van der Waals surface area contributed by atoms with Crippen molar-refractivity contribution in [2.45, 2.75) is 96.4 Å². The summed E-state index contributed by atoms with van der Waals surface area (Å²) >= 11 is 1.38. The van der Waals surface area contributed by atoms with Crippen LogP contribution in [0.5, 0.6) is 11.5 Å². The van der Waals surface area contributed by atoms with Gasteiger partial charge in [0.25, 0.3) is 5.91 Å². The number of rotatable bonds is 26. The number of aliphatic hydroxyl groups is 1. The van der Waals surface area contributed by atoms with Gasteiger partial charge in [-0.3, -0.25) is 19.6 Å². The standard InChI is InChI=1S/C58H75N9O9S/c1-7-11-40(51(61)47(69)29-42-39(19-21-59)48(74-6)18-16-41(42)52(71)65-53-64-44-13-8-9-14-49(44)77-53)43-30-62-67(37(43)2)36-57-32-55(3)31-56(4,34-57)58(33-55,35-57)76-27-24-66(23-26-73-5)54(72)75-25-10-12-38-15-17-46(68)45(28-38)63-50(70)20-22-60/h7-18,28,30,47,51,68-69H,1,19-27,29,31-36,59-61H2,2-6H3,(H,63,70)(H,64,65,71)/b12-10+,40-11-. The van der Waals surface area contributed by atoms with E-state index in [0.717, 1.165) is 59.1 Å². The molecule has 5 aromatic rings. The number of aliphatic hydroxyl groups excluding tert-OH is 1. The third-order valence-corrected chi connectivity index (χ3v) is 16.8. The minimum absolute atomic E-state index is 0.00113. The highest BCUT2D eigenvalue weighted by molar-refractivity contribution is 7.22. The molecule has 6 unspecified atom stereocenters. The van der Waals surface area contributed by atoms with Crippen LogP contribution >= 0.6 is 11.3 Å². The van der Waals surface area contributed by atoms with Gasteiger partial charge in [-0.2, -0.15) is 5.10 Å². The third-order valence-electron chi connectivity index (χ3n) is 15.8. The number of phenolic OH excluding ortho intramolecular Hbond substituents is 1. The molecule has 3 amide bonds. The number of benzene rings is 3. The average molecular weight is 1070 g/mol. The fourth-order valence-corrected chi connectivity index (χ4v) is 13.9. The van der Waals surface area contributed by atoms with Crippen molar-refractivity contribution in [1.29, 1.82) is 0 Å². The third kappa shape index (κ3) is 12.3. The molecular formula is C58H75N9O9S. The van der Waals surface area contributed by atoms with Crippen LogP contribution in [0.15, 0.2) is 85.6 Å². The molecule has 4 aliphatic rings. The number of hydrogen-bond donors (Lipinski definition) is 7. The number of thiazole rings is 1. The Balaban J connectivity index is 0.935. The van der Waals surface area contributed by atoms with Crippen molar-refractivity contribution in [1.82, 2.24) is 19.7 Å². The molecule has 412 valence electrons. The van der Waals surface area contributed by atoms with Crippen LogP contribution in [-0.4, -0.2) is 126 Å². The number of anilines is 2. The monoisotopic (exact) mass is 1070 g/mol. The van der Waals surface area contributed by atoms with Crippen molar-refractivity contribution in [3.8, 4) is 11.5 Å². The van der Waals surface area contributed by atoms with Gasteiger partial charge in [-0.25, -0.2) is 9.78 Å². The molecule has 10 N–H and O–H groups in total. The van der Waals surface area contributed by atoms with E-state index in [0.29, 0.717) is 79.0 Å². The summed E-state index contributed by atoms with van der Waals surface area (Å²) in [6, 6.07) is 15.0. The van der Waals surface area contributed by atoms with Gasteiger partial charge in [0, 0.05) is 63.0 Å². The second-order valence-electron chi connectivity index (χ2n) is 21.6. The van der Waals surface area contributed by atoms with E-state index in [1.165, 1.54) is 17.4 Å². The minimum Gasteiger partial charge on any atom is -0.506 e. The largest absolute Gasteiger partial charge is 0.506 e. The Bertz CT molecular complexity index is 3000. The molecule has 6 atom stereocenters. The van der Waals surface area contributed by atoms with Gasteiger partial charge >= 0.3 is 6.09 Å². The summed E-state index contributed by atoms with van der Waals surface area (Å²) in [5.74, 6) is -0.178. The van der Waals surface area contributed by atoms with E-state index in [9.17, 15) is 24.6 Å². The topological polar surface area (TPSA) is 265 Å². The van der Waals surface area contributed by atoms with E-state index in [-0.39, 0.29) is 65.5 Å². The molecule has 4 aliphatic carbocycles. The first kappa shape index (κ1) is 56.7. The maximum Gasteiger partial charge on any atom is 0.410 e. The molecule has 0 aliphatic heterocycles. The summed E-state index contributed by atoms with van der Waals surface area (Å²) in [5.41, 5.74) is 23.9. The van der Waals surface area contributed by atoms with Crippen molar-refractivity contribution in [3.05, 3.63) is 119 Å². The summed E-state index contributed by atoms with van der Waals surface area (Å²) in [7, 11) is 3.16. The first-order valence-corrected chi connectivity index (χ1v) is 27.1. The highest BCUT2D eigenvalue weighted by Gasteiger charge is 2.74. The minimum atomic E-state index is -1.14. The van der Waals surface area contributed by atoms with Crippen LogP contribution in [0.25, 0.3) is 21.9 Å². The van der Waals surface area contributed by atoms with Crippen LogP contribution in [0, 0.1) is 23.2 Å². The van der Waals surface area contributed by atoms with Crippen LogP contribution in [0.3, 0.4) is 0 Å². The number of aromatic nitrogens is 3. The molecule has 0 spiro atoms. The van der Waals surface area contributed by atoms with Gasteiger partial charge in [-0.05, 0) is 133 Å². The number of carbonyl (C=O) groups is 3. The second-order valence-corrected chi connectivity index (χ2v) is 22.7. The lowest BCUT2D eigenvalue weighted by Gasteiger charge is -2.46. The molecule has 2 aromatic heterocycles. The number of para-hydroxylation sites is 1. The van der Waals surface area contributed by atoms with E-state index in [2.05, 4.69) is 40.7 Å². The zero-order chi connectivity index (χ0) is 55.1. The zero-order valence-electron chi connectivity index (χ0n) is 44.9. The Morgan fingerprint density at radius 3 is 2.51 bits per heavy atom. The van der Waals surface area contributed by atoms with E-state index in [4.69, 9.17) is 41.2 Å². The molecule has 0 radical (unpaired) electrons. The first-order chi connectivity index (χ1) is 36.9. The van der Waals surface area contributed by atoms with Gasteiger partial charge in [0.2, 0.25) is 5.91 Å². The van der Waals surface area contributed by atoms with Gasteiger partial charge < -0.3 is 56.6 Å². The molecule has 18 nitrogen and oxygen atoms in total. The number of aromatic hydroxyl groups is 1. The van der Waals surface area contributed by atoms with Crippen LogP contribution in [0.4, 0.5) is 15.6 Å². The molecule has 4 bridgehead atoms. The number of nitrogens with one attached hydrogen (secondary N) is 2. The van der Waals surface area contributed by atoms with Crippen molar-refractivity contribution in [2.24, 2.45) is 33.4 Å². The van der Waals surface area contributed by atoms with Gasteiger partial charge in [0.15, 0.2) is 5.13 Å². The molecule has 9 rings (SSSR count). The smallest absolute Gasteiger partial charge is 0.410 e. The number of phenols is 1. The number of methoxy groups -OCH3 is 2. The quantitative estimate of drug-likeness (QED) is 0.0208. The van der Waals surface area contributed by atoms with E-state index < -0.39 is 23.8 Å². The number of nitrogens with zero attached hydrogens (tertiary/aromatic N) is 4. The number of amides is 3. The number of allylic oxidation sites excluding steroid dienone is 2. The first-order valence-electron chi connectivity index (χ1n) is 26.3. The summed E-state index contributed by atoms with van der Waals surface area (Å²) in [5, 5.41) is 33.4. The lowest BCUT2D eigenvalue weighted by molar-refractivity contribution is -0.116. The van der Waals surface area contributed by atoms with Gasteiger partial charge in [-0.15, -0.1) is 0 Å². The SMILES string of the molecule is C=C/C=C(/c1cnn(CC23CC4(C)CC(C)(C2)C(OCCN(CCOC)C(=O)OC/C=C/c2ccc(O)c(NC(=O)CCN)c2)(C4)C3)c1C)C(N)C(O)Cc1c(C(=O)Nc2nc3ccccc3s2)ccc(OC)c1CCN. The van der Waals surface area contributed by atoms with Gasteiger partial charge in [-0.1, -0.05) is 68.2 Å². The number of carbonyl (C=O) groups excluding carboxylic acids is 3. The van der Waals surface area contributed by atoms with E-state index in [1.807, 2.05) is 43.5 Å². The Morgan fingerprint density at radius 2 is 1.77 bits per heavy atom. The molecule has 77 heavy (non-hydrogen) atoms. The summed E-state index contributed by atoms with van der Waals surface area (Å²) in [4.78, 5) is 45.8. The Morgan fingerprint density at radius 1 is 0.974 bits per heavy atom. The maximum absolute atomic E-state index is 14.1. The number of hydrogen-bond acceptors (Lipinski definition) is 15. The second kappa shape index (κ2) is 24.1. The van der Waals surface area contributed by atoms with Gasteiger partial charge in [0.05, 0.1) is 60.2 Å². The fourth-order valence-electron chi connectivity index (χ4n) is 13.1. The van der Waals surface area contributed by atoms with Crippen molar-refractivity contribution < 1.29 is 43.5 Å². The zero-order valence-corrected chi connectivity index (χ0v) is 45.8. The predicted molar refractivity (Wildman–Crippen MR) is 301 cm³/mol. The molecule has 2 heterocycles. The summed E-state index contributed by atoms with van der Waals surface area (Å²) < 4.78 is 26.9. The molecule has 19 heteroatoms. The normalized spacial score (nSPS) is 22.4. The highest BCUT2D eigenvalue weighted by atomic mass is 32.1. The lowest BCUT2D eigenvalue weighted by atomic mass is 9.60. The van der Waals surface area contributed by atoms with E-state index >= 15 is 0 Å². The Hall–Kier alpha value is -6.45. The molecule has 4 fully saturated rings. The number of fused-ring (bicyclic) bond motifs is 1. The molecular weight excluding hydrogens is 999 g/mol. The predicted octanol–water partition coefficient (Wildman–Crippen LogP) is 7.60. The van der Waals surface area contributed by atoms with Crippen molar-refractivity contribution >= 4 is 61.9 Å². The molecule has 0 saturated heterocycles. The number of nitrogens with two attached hydrogens (primary N) is 3. The van der Waals surface area contributed by atoms with Crippen LogP contribution in [0.1, 0.15) is 90.7 Å². The summed E-state index contributed by atoms with van der Waals surface area (Å²) in [6.45, 7) is 13.2. The maximum atomic E-state index is 14.1. The van der Waals surface area contributed by atoms with Crippen molar-refractivity contribution in [3.63, 3.8) is 0 Å². The lowest BCUT2D eigenvalue weighted by Crippen LogP contribution is -2.45. The van der Waals surface area contributed by atoms with Crippen LogP contribution < -0.4 is 32.6 Å². The highest BCUT2D eigenvalue weighted by Crippen LogP contribution is 2.77. The number of ether oxygens (including phenoxy) is 4. The van der Waals surface area contributed by atoms with Crippen LogP contribution in [0.2, 0.25) is 0 Å². The van der Waals surface area contributed by atoms with Crippen molar-refractivity contribution in [2.75, 3.05) is 70.9 Å². The van der Waals surface area contributed by atoms with Crippen LogP contribution in [-0.2, 0) is 38.4 Å². The average Bonchev–Trinajstić information content (AvgIpc) is 4.05. The Kier molecular flexibility index (Phi) is 17.7. The fraction of sp³-hybridized carbons (Fsp3) is 0.466. The Labute approximate surface area is 454 Å². The molecule has 3 aromatic carbocycles. The van der Waals surface area contributed by atoms with Gasteiger partial charge in [0.1, 0.15) is 18.1 Å².